The SMILES string of the molecule is CSCCN(C)C1CCCN(Cc2ccccc2)C1=O. The van der Waals surface area contributed by atoms with Gasteiger partial charge in [-0.2, -0.15) is 11.8 Å². The van der Waals surface area contributed by atoms with Crippen LogP contribution in [0.15, 0.2) is 30.3 Å². The Balaban J connectivity index is 1.96. The lowest BCUT2D eigenvalue weighted by molar-refractivity contribution is -0.140. The molecule has 1 aromatic carbocycles. The second kappa shape index (κ2) is 7.70. The summed E-state index contributed by atoms with van der Waals surface area (Å²) < 4.78 is 0. The van der Waals surface area contributed by atoms with E-state index in [2.05, 4.69) is 30.3 Å². The fourth-order valence-electron chi connectivity index (χ4n) is 2.68. The van der Waals surface area contributed by atoms with E-state index in [0.717, 1.165) is 38.2 Å². The van der Waals surface area contributed by atoms with Gasteiger partial charge in [-0.05, 0) is 31.7 Å². The van der Waals surface area contributed by atoms with Crippen LogP contribution in [0.2, 0.25) is 0 Å². The zero-order chi connectivity index (χ0) is 14.4. The van der Waals surface area contributed by atoms with Crippen molar-refractivity contribution in [3.05, 3.63) is 35.9 Å². The van der Waals surface area contributed by atoms with E-state index in [0.29, 0.717) is 5.91 Å². The number of amides is 1. The van der Waals surface area contributed by atoms with Crippen molar-refractivity contribution < 1.29 is 4.79 Å². The third-order valence-corrected chi connectivity index (χ3v) is 4.49. The van der Waals surface area contributed by atoms with E-state index in [4.69, 9.17) is 0 Å². The van der Waals surface area contributed by atoms with Gasteiger partial charge in [-0.1, -0.05) is 30.3 Å². The molecule has 110 valence electrons. The number of nitrogens with zero attached hydrogens (tertiary/aromatic N) is 2. The molecular weight excluding hydrogens is 268 g/mol. The molecule has 0 saturated carbocycles. The number of likely N-dealkylation sites (N-methyl/N-ethyl adjacent to an activating group) is 1. The molecule has 1 amide bonds. The summed E-state index contributed by atoms with van der Waals surface area (Å²) >= 11 is 1.83. The molecule has 0 N–H and O–H groups in total. The third-order valence-electron chi connectivity index (χ3n) is 3.90. The van der Waals surface area contributed by atoms with Crippen LogP contribution >= 0.6 is 11.8 Å². The first-order chi connectivity index (χ1) is 9.72. The molecule has 1 aromatic rings. The maximum Gasteiger partial charge on any atom is 0.240 e. The summed E-state index contributed by atoms with van der Waals surface area (Å²) in [6.07, 6.45) is 4.21. The van der Waals surface area contributed by atoms with Crippen LogP contribution in [-0.4, -0.2) is 53.9 Å². The van der Waals surface area contributed by atoms with Crippen LogP contribution < -0.4 is 0 Å². The lowest BCUT2D eigenvalue weighted by atomic mass is 10.0. The zero-order valence-corrected chi connectivity index (χ0v) is 13.2. The van der Waals surface area contributed by atoms with Crippen LogP contribution in [0.4, 0.5) is 0 Å². The minimum Gasteiger partial charge on any atom is -0.337 e. The van der Waals surface area contributed by atoms with Crippen molar-refractivity contribution in [2.45, 2.75) is 25.4 Å². The average Bonchev–Trinajstić information content (AvgIpc) is 2.48. The lowest BCUT2D eigenvalue weighted by Gasteiger charge is -2.36. The van der Waals surface area contributed by atoms with Crippen molar-refractivity contribution in [3.63, 3.8) is 0 Å². The fourth-order valence-corrected chi connectivity index (χ4v) is 3.15. The van der Waals surface area contributed by atoms with Crippen LogP contribution in [0, 0.1) is 0 Å². The monoisotopic (exact) mass is 292 g/mol. The Labute approximate surface area is 126 Å². The van der Waals surface area contributed by atoms with E-state index in [1.165, 1.54) is 5.56 Å². The molecule has 20 heavy (non-hydrogen) atoms. The maximum absolute atomic E-state index is 12.6. The van der Waals surface area contributed by atoms with Gasteiger partial charge in [0.15, 0.2) is 0 Å². The summed E-state index contributed by atoms with van der Waals surface area (Å²) in [5.41, 5.74) is 1.22. The number of piperidine rings is 1. The maximum atomic E-state index is 12.6. The van der Waals surface area contributed by atoms with E-state index in [9.17, 15) is 4.79 Å². The first-order valence-electron chi connectivity index (χ1n) is 7.24. The Bertz CT molecular complexity index is 424. The standard InChI is InChI=1S/C16H24N2OS/c1-17(11-12-20-2)15-9-6-10-18(16(15)19)13-14-7-4-3-5-8-14/h3-5,7-8,15H,6,9-13H2,1-2H3. The smallest absolute Gasteiger partial charge is 0.240 e. The van der Waals surface area contributed by atoms with E-state index < -0.39 is 0 Å². The van der Waals surface area contributed by atoms with Crippen LogP contribution in [0.3, 0.4) is 0 Å². The number of rotatable bonds is 6. The predicted octanol–water partition coefficient (Wildman–Crippen LogP) is 2.47. The Hall–Kier alpha value is -1.00. The Morgan fingerprint density at radius 1 is 1.35 bits per heavy atom. The highest BCUT2D eigenvalue weighted by molar-refractivity contribution is 7.98. The van der Waals surface area contributed by atoms with Crippen LogP contribution in [-0.2, 0) is 11.3 Å². The van der Waals surface area contributed by atoms with Gasteiger partial charge in [0.1, 0.15) is 0 Å². The predicted molar refractivity (Wildman–Crippen MR) is 85.9 cm³/mol. The molecule has 3 nitrogen and oxygen atoms in total. The topological polar surface area (TPSA) is 23.6 Å². The quantitative estimate of drug-likeness (QED) is 0.805. The van der Waals surface area contributed by atoms with Crippen molar-refractivity contribution in [3.8, 4) is 0 Å². The molecule has 0 spiro atoms. The van der Waals surface area contributed by atoms with E-state index >= 15 is 0 Å². The number of likely N-dealkylation sites (tertiary alicyclic amines) is 1. The van der Waals surface area contributed by atoms with E-state index in [1.54, 1.807) is 0 Å². The molecule has 1 fully saturated rings. The fraction of sp³-hybridized carbons (Fsp3) is 0.562. The summed E-state index contributed by atoms with van der Waals surface area (Å²) in [4.78, 5) is 16.8. The first-order valence-corrected chi connectivity index (χ1v) is 8.63. The van der Waals surface area contributed by atoms with Crippen molar-refractivity contribution in [2.75, 3.05) is 32.1 Å². The number of hydrogen-bond acceptors (Lipinski definition) is 3. The average molecular weight is 292 g/mol. The summed E-state index contributed by atoms with van der Waals surface area (Å²) in [6.45, 7) is 2.61. The molecule has 0 radical (unpaired) electrons. The molecule has 4 heteroatoms. The van der Waals surface area contributed by atoms with Gasteiger partial charge in [0.25, 0.3) is 0 Å². The minimum absolute atomic E-state index is 0.0691. The van der Waals surface area contributed by atoms with Gasteiger partial charge in [-0.15, -0.1) is 0 Å². The summed E-state index contributed by atoms with van der Waals surface area (Å²) in [5.74, 6) is 1.38. The highest BCUT2D eigenvalue weighted by Gasteiger charge is 2.31. The minimum atomic E-state index is 0.0691. The Kier molecular flexibility index (Phi) is 5.92. The molecule has 0 bridgehead atoms. The lowest BCUT2D eigenvalue weighted by Crippen LogP contribution is -2.51. The first kappa shape index (κ1) is 15.4. The Morgan fingerprint density at radius 3 is 2.80 bits per heavy atom. The van der Waals surface area contributed by atoms with E-state index in [1.807, 2.05) is 34.9 Å². The molecular formula is C16H24N2OS. The molecule has 1 atom stereocenters. The van der Waals surface area contributed by atoms with Gasteiger partial charge < -0.3 is 4.90 Å². The highest BCUT2D eigenvalue weighted by atomic mass is 32.2. The van der Waals surface area contributed by atoms with Gasteiger partial charge in [0.2, 0.25) is 5.91 Å². The number of benzene rings is 1. The second-order valence-electron chi connectivity index (χ2n) is 5.38. The second-order valence-corrected chi connectivity index (χ2v) is 6.36. The van der Waals surface area contributed by atoms with Gasteiger partial charge in [0, 0.05) is 25.4 Å². The van der Waals surface area contributed by atoms with Crippen molar-refractivity contribution in [2.24, 2.45) is 0 Å². The largest absolute Gasteiger partial charge is 0.337 e. The molecule has 1 unspecified atom stereocenters. The molecule has 2 rings (SSSR count). The van der Waals surface area contributed by atoms with Gasteiger partial charge in [-0.25, -0.2) is 0 Å². The van der Waals surface area contributed by atoms with Crippen LogP contribution in [0.25, 0.3) is 0 Å². The van der Waals surface area contributed by atoms with Gasteiger partial charge >= 0.3 is 0 Å². The summed E-state index contributed by atoms with van der Waals surface area (Å²) in [5, 5.41) is 0. The van der Waals surface area contributed by atoms with E-state index in [-0.39, 0.29) is 6.04 Å². The molecule has 0 aliphatic carbocycles. The number of thioether (sulfide) groups is 1. The zero-order valence-electron chi connectivity index (χ0n) is 12.4. The summed E-state index contributed by atoms with van der Waals surface area (Å²) in [7, 11) is 2.07. The van der Waals surface area contributed by atoms with Gasteiger partial charge in [0.05, 0.1) is 6.04 Å². The molecule has 1 saturated heterocycles. The normalized spacial score (nSPS) is 19.6. The molecule has 1 aliphatic heterocycles. The molecule has 1 heterocycles. The summed E-state index contributed by atoms with van der Waals surface area (Å²) in [6, 6.07) is 10.3. The highest BCUT2D eigenvalue weighted by Crippen LogP contribution is 2.19. The molecule has 1 aliphatic rings. The van der Waals surface area contributed by atoms with Crippen molar-refractivity contribution >= 4 is 17.7 Å². The van der Waals surface area contributed by atoms with Crippen molar-refractivity contribution in [1.82, 2.24) is 9.80 Å². The third kappa shape index (κ3) is 4.00. The Morgan fingerprint density at radius 2 is 2.10 bits per heavy atom. The van der Waals surface area contributed by atoms with Crippen LogP contribution in [0.1, 0.15) is 18.4 Å². The van der Waals surface area contributed by atoms with Gasteiger partial charge in [-0.3, -0.25) is 9.69 Å². The number of hydrogen-bond donors (Lipinski definition) is 0. The number of carbonyl (C=O) groups excluding carboxylic acids is 1. The van der Waals surface area contributed by atoms with Crippen molar-refractivity contribution in [1.29, 1.82) is 0 Å². The number of carbonyl (C=O) groups is 1. The molecule has 0 aromatic heterocycles. The van der Waals surface area contributed by atoms with Crippen LogP contribution in [0.5, 0.6) is 0 Å².